The van der Waals surface area contributed by atoms with Gasteiger partial charge in [0.25, 0.3) is 0 Å². The average molecular weight is 632 g/mol. The number of aromatic nitrogens is 3. The topological polar surface area (TPSA) is 51.8 Å². The van der Waals surface area contributed by atoms with E-state index in [1.807, 2.05) is 30.3 Å². The van der Waals surface area contributed by atoms with E-state index >= 15 is 0 Å². The van der Waals surface area contributed by atoms with E-state index in [0.717, 1.165) is 44.0 Å². The molecule has 3 heterocycles. The second kappa shape index (κ2) is 10.7. The van der Waals surface area contributed by atoms with Crippen molar-refractivity contribution >= 4 is 64.2 Å². The normalized spacial score (nSPS) is 11.8. The molecule has 0 fully saturated rings. The van der Waals surface area contributed by atoms with E-state index in [1.54, 1.807) is 11.3 Å². The van der Waals surface area contributed by atoms with Crippen LogP contribution in [-0.2, 0) is 0 Å². The zero-order valence-electron chi connectivity index (χ0n) is 25.6. The van der Waals surface area contributed by atoms with Gasteiger partial charge in [0, 0.05) is 47.6 Å². The predicted octanol–water partition coefficient (Wildman–Crippen LogP) is 12.0. The molecule has 0 atom stereocenters. The summed E-state index contributed by atoms with van der Waals surface area (Å²) in [7, 11) is 0. The van der Waals surface area contributed by atoms with Crippen LogP contribution < -0.4 is 0 Å². The average Bonchev–Trinajstić information content (AvgIpc) is 3.73. The molecule has 0 N–H and O–H groups in total. The predicted molar refractivity (Wildman–Crippen MR) is 199 cm³/mol. The van der Waals surface area contributed by atoms with Gasteiger partial charge in [0.1, 0.15) is 11.2 Å². The number of rotatable bonds is 4. The Morgan fingerprint density at radius 1 is 0.396 bits per heavy atom. The zero-order chi connectivity index (χ0) is 31.6. The number of nitrogens with zero attached hydrogens (tertiary/aromatic N) is 3. The van der Waals surface area contributed by atoms with Crippen molar-refractivity contribution < 1.29 is 4.42 Å². The van der Waals surface area contributed by atoms with E-state index in [2.05, 4.69) is 121 Å². The zero-order valence-corrected chi connectivity index (χ0v) is 26.4. The Balaban J connectivity index is 1.18. The molecule has 48 heavy (non-hydrogen) atoms. The molecule has 0 bridgehead atoms. The number of fused-ring (bicyclic) bond motifs is 7. The summed E-state index contributed by atoms with van der Waals surface area (Å²) in [5.74, 6) is 1.88. The van der Waals surface area contributed by atoms with Crippen LogP contribution in [0.3, 0.4) is 0 Å². The summed E-state index contributed by atoms with van der Waals surface area (Å²) in [6.45, 7) is 0. The van der Waals surface area contributed by atoms with Crippen LogP contribution in [-0.4, -0.2) is 15.0 Å². The monoisotopic (exact) mass is 631 g/mol. The first kappa shape index (κ1) is 27.0. The van der Waals surface area contributed by atoms with Gasteiger partial charge in [0.05, 0.1) is 0 Å². The molecule has 0 aliphatic heterocycles. The minimum Gasteiger partial charge on any atom is -0.456 e. The van der Waals surface area contributed by atoms with Crippen LogP contribution in [0, 0.1) is 0 Å². The summed E-state index contributed by atoms with van der Waals surface area (Å²) in [4.78, 5) is 15.4. The van der Waals surface area contributed by atoms with E-state index in [-0.39, 0.29) is 0 Å². The summed E-state index contributed by atoms with van der Waals surface area (Å²) in [6, 6.07) is 52.8. The third-order valence-electron chi connectivity index (χ3n) is 9.12. The molecule has 0 saturated heterocycles. The van der Waals surface area contributed by atoms with Crippen LogP contribution in [0.25, 0.3) is 98.2 Å². The summed E-state index contributed by atoms with van der Waals surface area (Å²) in [6.07, 6.45) is 0. The molecule has 0 radical (unpaired) electrons. The highest BCUT2D eigenvalue weighted by molar-refractivity contribution is 7.25. The second-order valence-corrected chi connectivity index (χ2v) is 13.1. The Labute approximate surface area is 279 Å². The smallest absolute Gasteiger partial charge is 0.164 e. The quantitative estimate of drug-likeness (QED) is 0.194. The van der Waals surface area contributed by atoms with E-state index in [0.29, 0.717) is 17.5 Å². The van der Waals surface area contributed by atoms with Crippen molar-refractivity contribution in [3.8, 4) is 45.3 Å². The summed E-state index contributed by atoms with van der Waals surface area (Å²) in [5.41, 5.74) is 6.87. The van der Waals surface area contributed by atoms with Gasteiger partial charge in [-0.1, -0.05) is 109 Å². The van der Waals surface area contributed by atoms with Gasteiger partial charge in [-0.2, -0.15) is 0 Å². The number of thiophene rings is 1. The first-order chi connectivity index (χ1) is 23.7. The van der Waals surface area contributed by atoms with Crippen LogP contribution in [0.1, 0.15) is 0 Å². The molecule has 0 aliphatic rings. The Kier molecular flexibility index (Phi) is 6.01. The second-order valence-electron chi connectivity index (χ2n) is 12.0. The molecular formula is C43H25N3OS. The number of furan rings is 1. The molecule has 0 amide bonds. The molecule has 0 unspecified atom stereocenters. The van der Waals surface area contributed by atoms with Gasteiger partial charge in [0.15, 0.2) is 17.5 Å². The van der Waals surface area contributed by atoms with E-state index in [9.17, 15) is 0 Å². The van der Waals surface area contributed by atoms with Gasteiger partial charge in [-0.3, -0.25) is 0 Å². The number of benzene rings is 7. The third-order valence-corrected chi connectivity index (χ3v) is 10.3. The first-order valence-corrected chi connectivity index (χ1v) is 16.7. The molecule has 0 aliphatic carbocycles. The lowest BCUT2D eigenvalue weighted by Gasteiger charge is -2.11. The highest BCUT2D eigenvalue weighted by Crippen LogP contribution is 2.40. The minimum atomic E-state index is 0.605. The van der Waals surface area contributed by atoms with Gasteiger partial charge < -0.3 is 4.42 Å². The summed E-state index contributed by atoms with van der Waals surface area (Å²) < 4.78 is 8.71. The standard InChI is InChI=1S/C43H25N3OS/c1-2-9-26(10-3-1)27-17-18-29-24-30(20-19-28(29)23-27)41-44-42(31-21-22-33-32-11-4-6-14-36(32)47-37(33)25-31)46-43(45-41)35-13-8-16-39-40(35)34-12-5-7-15-38(34)48-39/h1-25H. The maximum Gasteiger partial charge on any atom is 0.164 e. The van der Waals surface area contributed by atoms with Gasteiger partial charge in [-0.25, -0.2) is 15.0 Å². The minimum absolute atomic E-state index is 0.605. The number of hydrogen-bond donors (Lipinski definition) is 0. The fourth-order valence-corrected chi connectivity index (χ4v) is 7.91. The lowest BCUT2D eigenvalue weighted by atomic mass is 10.00. The van der Waals surface area contributed by atoms with Crippen LogP contribution in [0.4, 0.5) is 0 Å². The molecule has 10 aromatic rings. The van der Waals surface area contributed by atoms with E-state index in [4.69, 9.17) is 19.4 Å². The molecule has 5 heteroatoms. The molecule has 3 aromatic heterocycles. The lowest BCUT2D eigenvalue weighted by molar-refractivity contribution is 0.669. The Morgan fingerprint density at radius 3 is 1.88 bits per heavy atom. The van der Waals surface area contributed by atoms with Crippen LogP contribution in [0.2, 0.25) is 0 Å². The fraction of sp³-hybridized carbons (Fsp3) is 0. The van der Waals surface area contributed by atoms with Crippen molar-refractivity contribution in [1.29, 1.82) is 0 Å². The molecule has 224 valence electrons. The Hall–Kier alpha value is -6.17. The number of hydrogen-bond acceptors (Lipinski definition) is 5. The van der Waals surface area contributed by atoms with Crippen molar-refractivity contribution in [3.63, 3.8) is 0 Å². The van der Waals surface area contributed by atoms with Gasteiger partial charge in [0.2, 0.25) is 0 Å². The molecular weight excluding hydrogens is 607 g/mol. The highest BCUT2D eigenvalue weighted by Gasteiger charge is 2.18. The van der Waals surface area contributed by atoms with Crippen molar-refractivity contribution in [1.82, 2.24) is 15.0 Å². The molecule has 10 rings (SSSR count). The first-order valence-electron chi connectivity index (χ1n) is 15.9. The highest BCUT2D eigenvalue weighted by atomic mass is 32.1. The van der Waals surface area contributed by atoms with Gasteiger partial charge >= 0.3 is 0 Å². The number of para-hydroxylation sites is 1. The molecule has 4 nitrogen and oxygen atoms in total. The maximum absolute atomic E-state index is 6.26. The van der Waals surface area contributed by atoms with Crippen LogP contribution >= 0.6 is 11.3 Å². The Morgan fingerprint density at radius 2 is 1.02 bits per heavy atom. The Bertz CT molecular complexity index is 2850. The molecule has 7 aromatic carbocycles. The third kappa shape index (κ3) is 4.40. The van der Waals surface area contributed by atoms with Crippen molar-refractivity contribution in [2.24, 2.45) is 0 Å². The maximum atomic E-state index is 6.26. The van der Waals surface area contributed by atoms with Crippen molar-refractivity contribution in [2.75, 3.05) is 0 Å². The molecule has 0 spiro atoms. The van der Waals surface area contributed by atoms with Crippen molar-refractivity contribution in [2.45, 2.75) is 0 Å². The van der Waals surface area contributed by atoms with Crippen LogP contribution in [0.5, 0.6) is 0 Å². The van der Waals surface area contributed by atoms with E-state index < -0.39 is 0 Å². The fourth-order valence-electron chi connectivity index (χ4n) is 6.78. The summed E-state index contributed by atoms with van der Waals surface area (Å²) in [5, 5.41) is 6.84. The molecule has 0 saturated carbocycles. The van der Waals surface area contributed by atoms with Gasteiger partial charge in [-0.05, 0) is 64.4 Å². The van der Waals surface area contributed by atoms with Crippen LogP contribution in [0.15, 0.2) is 156 Å². The summed E-state index contributed by atoms with van der Waals surface area (Å²) >= 11 is 1.79. The van der Waals surface area contributed by atoms with E-state index in [1.165, 1.54) is 36.7 Å². The lowest BCUT2D eigenvalue weighted by Crippen LogP contribution is -2.00. The van der Waals surface area contributed by atoms with Gasteiger partial charge in [-0.15, -0.1) is 11.3 Å². The largest absolute Gasteiger partial charge is 0.456 e. The van der Waals surface area contributed by atoms with Crippen molar-refractivity contribution in [3.05, 3.63) is 152 Å². The SMILES string of the molecule is c1ccc(-c2ccc3cc(-c4nc(-c5ccc6c(c5)oc5ccccc56)nc(-c5cccc6sc7ccccc7c56)n4)ccc3c2)cc1.